The largest absolute Gasteiger partial charge is 0.384 e. The molecule has 0 radical (unpaired) electrons. The Kier molecular flexibility index (Phi) is 3.55. The quantitative estimate of drug-likeness (QED) is 0.745. The first kappa shape index (κ1) is 9.84. The minimum absolute atomic E-state index is 0.495. The van der Waals surface area contributed by atoms with E-state index < -0.39 is 0 Å². The molecule has 1 aromatic rings. The van der Waals surface area contributed by atoms with Crippen molar-refractivity contribution in [2.75, 3.05) is 11.1 Å². The molecule has 0 saturated carbocycles. The van der Waals surface area contributed by atoms with Crippen LogP contribution in [0.3, 0.4) is 0 Å². The van der Waals surface area contributed by atoms with Gasteiger partial charge in [0.25, 0.3) is 0 Å². The van der Waals surface area contributed by atoms with Gasteiger partial charge in [0.15, 0.2) is 0 Å². The number of nitrogen functional groups attached to an aromatic ring is 1. The van der Waals surface area contributed by atoms with Gasteiger partial charge in [-0.1, -0.05) is 19.9 Å². The van der Waals surface area contributed by atoms with E-state index in [2.05, 4.69) is 24.1 Å². The van der Waals surface area contributed by atoms with Crippen molar-refractivity contribution in [1.29, 1.82) is 0 Å². The number of nitrogens with one attached hydrogen (secondary N) is 1. The van der Waals surface area contributed by atoms with Crippen LogP contribution in [-0.2, 0) is 0 Å². The topological polar surface area (TPSA) is 50.9 Å². The van der Waals surface area contributed by atoms with Gasteiger partial charge in [-0.05, 0) is 25.0 Å². The second kappa shape index (κ2) is 4.70. The van der Waals surface area contributed by atoms with Gasteiger partial charge < -0.3 is 11.1 Å². The summed E-state index contributed by atoms with van der Waals surface area (Å²) < 4.78 is 0. The third kappa shape index (κ3) is 2.93. The number of nitrogens with two attached hydrogens (primary N) is 1. The van der Waals surface area contributed by atoms with Gasteiger partial charge >= 0.3 is 0 Å². The highest BCUT2D eigenvalue weighted by molar-refractivity contribution is 5.42. The smallest absolute Gasteiger partial charge is 0.128 e. The van der Waals surface area contributed by atoms with Gasteiger partial charge in [-0.3, -0.25) is 0 Å². The Bertz CT molecular complexity index is 256. The van der Waals surface area contributed by atoms with Crippen molar-refractivity contribution in [1.82, 2.24) is 4.98 Å². The van der Waals surface area contributed by atoms with Crippen LogP contribution in [0.4, 0.5) is 11.6 Å². The number of nitrogens with zero attached hydrogens (tertiary/aromatic N) is 1. The van der Waals surface area contributed by atoms with Gasteiger partial charge in [-0.2, -0.15) is 0 Å². The lowest BCUT2D eigenvalue weighted by atomic mass is 10.2. The van der Waals surface area contributed by atoms with Gasteiger partial charge in [-0.15, -0.1) is 0 Å². The van der Waals surface area contributed by atoms with E-state index >= 15 is 0 Å². The molecule has 13 heavy (non-hydrogen) atoms. The van der Waals surface area contributed by atoms with Crippen LogP contribution in [0.25, 0.3) is 0 Å². The first-order chi connectivity index (χ1) is 6.26. The minimum Gasteiger partial charge on any atom is -0.384 e. The molecule has 1 heterocycles. The monoisotopic (exact) mass is 179 g/mol. The maximum absolute atomic E-state index is 5.57. The van der Waals surface area contributed by atoms with Crippen molar-refractivity contribution < 1.29 is 0 Å². The zero-order chi connectivity index (χ0) is 9.68. The fourth-order valence-electron chi connectivity index (χ4n) is 1.23. The van der Waals surface area contributed by atoms with Gasteiger partial charge in [-0.25, -0.2) is 4.98 Å². The lowest BCUT2D eigenvalue weighted by molar-refractivity contribution is 0.669. The predicted octanol–water partition coefficient (Wildman–Crippen LogP) is 2.26. The molecule has 0 saturated heterocycles. The van der Waals surface area contributed by atoms with Gasteiger partial charge in [0, 0.05) is 6.04 Å². The Morgan fingerprint density at radius 3 is 2.62 bits per heavy atom. The van der Waals surface area contributed by atoms with Crippen LogP contribution in [-0.4, -0.2) is 11.0 Å². The van der Waals surface area contributed by atoms with Crippen LogP contribution in [0.2, 0.25) is 0 Å². The van der Waals surface area contributed by atoms with E-state index in [1.807, 2.05) is 12.1 Å². The number of aromatic nitrogens is 1. The maximum Gasteiger partial charge on any atom is 0.128 e. The van der Waals surface area contributed by atoms with E-state index in [0.717, 1.165) is 18.7 Å². The highest BCUT2D eigenvalue weighted by Crippen LogP contribution is 2.10. The van der Waals surface area contributed by atoms with Crippen LogP contribution in [0, 0.1) is 0 Å². The SMILES string of the molecule is CCC(CC)Nc1cccc(N)n1. The molecule has 1 rings (SSSR count). The molecule has 0 aromatic carbocycles. The van der Waals surface area contributed by atoms with E-state index in [-0.39, 0.29) is 0 Å². The molecule has 3 N–H and O–H groups in total. The highest BCUT2D eigenvalue weighted by Gasteiger charge is 2.02. The summed E-state index contributed by atoms with van der Waals surface area (Å²) in [5, 5.41) is 3.33. The third-order valence-electron chi connectivity index (χ3n) is 2.11. The van der Waals surface area contributed by atoms with Gasteiger partial charge in [0.2, 0.25) is 0 Å². The summed E-state index contributed by atoms with van der Waals surface area (Å²) in [6.45, 7) is 4.32. The first-order valence-corrected chi connectivity index (χ1v) is 4.75. The van der Waals surface area contributed by atoms with Crippen LogP contribution in [0.1, 0.15) is 26.7 Å². The molecule has 0 aliphatic rings. The Labute approximate surface area is 79.4 Å². The fourth-order valence-corrected chi connectivity index (χ4v) is 1.23. The number of hydrogen-bond donors (Lipinski definition) is 2. The molecule has 1 aromatic heterocycles. The molecule has 0 amide bonds. The zero-order valence-corrected chi connectivity index (χ0v) is 8.25. The van der Waals surface area contributed by atoms with E-state index in [4.69, 9.17) is 5.73 Å². The van der Waals surface area contributed by atoms with Crippen LogP contribution < -0.4 is 11.1 Å². The van der Waals surface area contributed by atoms with Crippen molar-refractivity contribution in [2.45, 2.75) is 32.7 Å². The number of rotatable bonds is 4. The summed E-state index contributed by atoms with van der Waals surface area (Å²) in [6, 6.07) is 6.13. The van der Waals surface area contributed by atoms with Crippen molar-refractivity contribution in [3.8, 4) is 0 Å². The Morgan fingerprint density at radius 2 is 2.08 bits per heavy atom. The minimum atomic E-state index is 0.495. The average molecular weight is 179 g/mol. The Hall–Kier alpha value is -1.25. The van der Waals surface area contributed by atoms with E-state index in [1.54, 1.807) is 6.07 Å². The molecule has 0 fully saturated rings. The Morgan fingerprint density at radius 1 is 1.38 bits per heavy atom. The summed E-state index contributed by atoms with van der Waals surface area (Å²) in [5.74, 6) is 1.43. The molecule has 0 aliphatic carbocycles. The van der Waals surface area contributed by atoms with Crippen molar-refractivity contribution in [3.63, 3.8) is 0 Å². The summed E-state index contributed by atoms with van der Waals surface area (Å²) in [4.78, 5) is 4.18. The molecule has 72 valence electrons. The molecule has 3 nitrogen and oxygen atoms in total. The lowest BCUT2D eigenvalue weighted by Crippen LogP contribution is -2.17. The summed E-state index contributed by atoms with van der Waals surface area (Å²) in [5.41, 5.74) is 5.57. The molecule has 0 bridgehead atoms. The zero-order valence-electron chi connectivity index (χ0n) is 8.25. The Balaban J connectivity index is 2.62. The molecule has 0 unspecified atom stereocenters. The summed E-state index contributed by atoms with van der Waals surface area (Å²) in [7, 11) is 0. The normalized spacial score (nSPS) is 10.4. The maximum atomic E-state index is 5.57. The second-order valence-corrected chi connectivity index (χ2v) is 3.11. The number of hydrogen-bond acceptors (Lipinski definition) is 3. The molecular formula is C10H17N3. The highest BCUT2D eigenvalue weighted by atomic mass is 15.0. The lowest BCUT2D eigenvalue weighted by Gasteiger charge is -2.15. The number of anilines is 2. The standard InChI is InChI=1S/C10H17N3/c1-3-8(4-2)12-10-7-5-6-9(11)13-10/h5-8H,3-4H2,1-2H3,(H3,11,12,13). The fraction of sp³-hybridized carbons (Fsp3) is 0.500. The van der Waals surface area contributed by atoms with Crippen molar-refractivity contribution in [2.24, 2.45) is 0 Å². The average Bonchev–Trinajstić information content (AvgIpc) is 2.14. The van der Waals surface area contributed by atoms with Crippen molar-refractivity contribution in [3.05, 3.63) is 18.2 Å². The van der Waals surface area contributed by atoms with Crippen LogP contribution >= 0.6 is 0 Å². The van der Waals surface area contributed by atoms with Gasteiger partial charge in [0.1, 0.15) is 11.6 Å². The molecule has 0 aliphatic heterocycles. The predicted molar refractivity (Wildman–Crippen MR) is 56.6 cm³/mol. The second-order valence-electron chi connectivity index (χ2n) is 3.11. The molecule has 0 atom stereocenters. The summed E-state index contributed by atoms with van der Waals surface area (Å²) >= 11 is 0. The van der Waals surface area contributed by atoms with Crippen LogP contribution in [0.5, 0.6) is 0 Å². The molecular weight excluding hydrogens is 162 g/mol. The van der Waals surface area contributed by atoms with Gasteiger partial charge in [0.05, 0.1) is 0 Å². The molecule has 3 heteroatoms. The first-order valence-electron chi connectivity index (χ1n) is 4.75. The van der Waals surface area contributed by atoms with Crippen LogP contribution in [0.15, 0.2) is 18.2 Å². The van der Waals surface area contributed by atoms with E-state index in [9.17, 15) is 0 Å². The van der Waals surface area contributed by atoms with E-state index in [1.165, 1.54) is 0 Å². The third-order valence-corrected chi connectivity index (χ3v) is 2.11. The summed E-state index contributed by atoms with van der Waals surface area (Å²) in [6.07, 6.45) is 2.21. The molecule has 0 spiro atoms. The number of pyridine rings is 1. The van der Waals surface area contributed by atoms with Crippen molar-refractivity contribution >= 4 is 11.6 Å². The van der Waals surface area contributed by atoms with E-state index in [0.29, 0.717) is 11.9 Å².